The Morgan fingerprint density at radius 1 is 1.44 bits per heavy atom. The van der Waals surface area contributed by atoms with Crippen LogP contribution in [0.25, 0.3) is 0 Å². The van der Waals surface area contributed by atoms with Crippen LogP contribution in [-0.2, 0) is 4.79 Å². The van der Waals surface area contributed by atoms with Crippen molar-refractivity contribution >= 4 is 17.5 Å². The van der Waals surface area contributed by atoms with E-state index in [9.17, 15) is 9.90 Å². The van der Waals surface area contributed by atoms with Gasteiger partial charge >= 0.3 is 0 Å². The van der Waals surface area contributed by atoms with Crippen molar-refractivity contribution < 1.29 is 9.90 Å². The molecule has 3 atom stereocenters. The normalized spacial score (nSPS) is 25.8. The SMILES string of the molecule is CC1CCN(C(=O)C(Cl)c2ccccc2)CC1O. The van der Waals surface area contributed by atoms with Gasteiger partial charge in [0.1, 0.15) is 5.38 Å². The smallest absolute Gasteiger partial charge is 0.245 e. The first-order valence-electron chi connectivity index (χ1n) is 6.25. The number of carbonyl (C=O) groups is 1. The molecule has 18 heavy (non-hydrogen) atoms. The molecule has 4 heteroatoms. The van der Waals surface area contributed by atoms with E-state index < -0.39 is 11.5 Å². The van der Waals surface area contributed by atoms with E-state index in [1.807, 2.05) is 37.3 Å². The van der Waals surface area contributed by atoms with Crippen molar-refractivity contribution in [1.82, 2.24) is 4.90 Å². The number of β-amino-alcohol motifs (C(OH)–C–C–N with tert-alkyl or cyclic N) is 1. The fourth-order valence-electron chi connectivity index (χ4n) is 2.17. The molecule has 3 unspecified atom stereocenters. The second-order valence-electron chi connectivity index (χ2n) is 4.89. The molecule has 1 saturated heterocycles. The third kappa shape index (κ3) is 2.85. The van der Waals surface area contributed by atoms with Gasteiger partial charge in [-0.2, -0.15) is 0 Å². The number of carbonyl (C=O) groups excluding carboxylic acids is 1. The zero-order valence-corrected chi connectivity index (χ0v) is 11.2. The summed E-state index contributed by atoms with van der Waals surface area (Å²) in [6, 6.07) is 9.32. The van der Waals surface area contributed by atoms with Crippen LogP contribution in [0.1, 0.15) is 24.3 Å². The van der Waals surface area contributed by atoms with Crippen LogP contribution in [0.2, 0.25) is 0 Å². The molecular weight excluding hydrogens is 250 g/mol. The van der Waals surface area contributed by atoms with Gasteiger partial charge in [-0.1, -0.05) is 37.3 Å². The van der Waals surface area contributed by atoms with Gasteiger partial charge in [-0.15, -0.1) is 11.6 Å². The van der Waals surface area contributed by atoms with Crippen molar-refractivity contribution in [2.45, 2.75) is 24.8 Å². The average Bonchev–Trinajstić information content (AvgIpc) is 2.41. The van der Waals surface area contributed by atoms with E-state index in [0.29, 0.717) is 13.1 Å². The van der Waals surface area contributed by atoms with Crippen LogP contribution >= 0.6 is 11.6 Å². The van der Waals surface area contributed by atoms with E-state index in [0.717, 1.165) is 12.0 Å². The van der Waals surface area contributed by atoms with E-state index in [4.69, 9.17) is 11.6 Å². The zero-order chi connectivity index (χ0) is 13.1. The first kappa shape index (κ1) is 13.4. The zero-order valence-electron chi connectivity index (χ0n) is 10.4. The van der Waals surface area contributed by atoms with Crippen molar-refractivity contribution in [3.63, 3.8) is 0 Å². The standard InChI is InChI=1S/C14H18ClNO2/c1-10-7-8-16(9-12(10)17)14(18)13(15)11-5-3-2-4-6-11/h2-6,10,12-13,17H,7-9H2,1H3. The average molecular weight is 268 g/mol. The third-order valence-corrected chi connectivity index (χ3v) is 3.98. The molecule has 1 N–H and O–H groups in total. The highest BCUT2D eigenvalue weighted by molar-refractivity contribution is 6.30. The number of aliphatic hydroxyl groups excluding tert-OH is 1. The molecule has 1 amide bonds. The minimum Gasteiger partial charge on any atom is -0.391 e. The highest BCUT2D eigenvalue weighted by Gasteiger charge is 2.30. The second-order valence-corrected chi connectivity index (χ2v) is 5.33. The van der Waals surface area contributed by atoms with Gasteiger partial charge < -0.3 is 10.0 Å². The number of alkyl halides is 1. The fourth-order valence-corrected chi connectivity index (χ4v) is 2.46. The lowest BCUT2D eigenvalue weighted by atomic mass is 9.95. The Morgan fingerprint density at radius 3 is 2.72 bits per heavy atom. The van der Waals surface area contributed by atoms with E-state index >= 15 is 0 Å². The molecule has 1 aromatic carbocycles. The Morgan fingerprint density at radius 2 is 2.11 bits per heavy atom. The molecule has 1 fully saturated rings. The van der Waals surface area contributed by atoms with Crippen LogP contribution in [0.15, 0.2) is 30.3 Å². The minimum atomic E-state index is -0.660. The molecule has 1 heterocycles. The van der Waals surface area contributed by atoms with Crippen LogP contribution < -0.4 is 0 Å². The topological polar surface area (TPSA) is 40.5 Å². The number of benzene rings is 1. The molecular formula is C14H18ClNO2. The quantitative estimate of drug-likeness (QED) is 0.835. The highest BCUT2D eigenvalue weighted by Crippen LogP contribution is 2.25. The van der Waals surface area contributed by atoms with Gasteiger partial charge in [-0.25, -0.2) is 0 Å². The van der Waals surface area contributed by atoms with E-state index in [2.05, 4.69) is 0 Å². The Hall–Kier alpha value is -1.06. The Balaban J connectivity index is 2.03. The largest absolute Gasteiger partial charge is 0.391 e. The predicted molar refractivity (Wildman–Crippen MR) is 71.4 cm³/mol. The number of halogens is 1. The Kier molecular flexibility index (Phi) is 4.25. The van der Waals surface area contributed by atoms with Gasteiger partial charge in [0.15, 0.2) is 0 Å². The number of nitrogens with zero attached hydrogens (tertiary/aromatic N) is 1. The highest BCUT2D eigenvalue weighted by atomic mass is 35.5. The summed E-state index contributed by atoms with van der Waals surface area (Å²) >= 11 is 6.20. The van der Waals surface area contributed by atoms with Gasteiger partial charge in [-0.3, -0.25) is 4.79 Å². The first-order chi connectivity index (χ1) is 8.59. The van der Waals surface area contributed by atoms with Crippen LogP contribution in [0.4, 0.5) is 0 Å². The van der Waals surface area contributed by atoms with E-state index in [1.54, 1.807) is 4.90 Å². The fraction of sp³-hybridized carbons (Fsp3) is 0.500. The summed E-state index contributed by atoms with van der Waals surface area (Å²) in [6.07, 6.45) is 0.382. The molecule has 98 valence electrons. The molecule has 0 radical (unpaired) electrons. The molecule has 1 aliphatic heterocycles. The maximum Gasteiger partial charge on any atom is 0.245 e. The summed E-state index contributed by atoms with van der Waals surface area (Å²) in [4.78, 5) is 13.9. The maximum absolute atomic E-state index is 12.2. The maximum atomic E-state index is 12.2. The number of amides is 1. The Labute approximate surface area is 112 Å². The summed E-state index contributed by atoms with van der Waals surface area (Å²) in [6.45, 7) is 3.06. The summed E-state index contributed by atoms with van der Waals surface area (Å²) in [5.41, 5.74) is 0.803. The molecule has 0 spiro atoms. The van der Waals surface area contributed by atoms with Crippen molar-refractivity contribution in [3.8, 4) is 0 Å². The molecule has 0 saturated carbocycles. The summed E-state index contributed by atoms with van der Waals surface area (Å²) < 4.78 is 0. The van der Waals surface area contributed by atoms with Crippen LogP contribution in [0.3, 0.4) is 0 Å². The van der Waals surface area contributed by atoms with Crippen molar-refractivity contribution in [2.75, 3.05) is 13.1 Å². The van der Waals surface area contributed by atoms with E-state index in [1.165, 1.54) is 0 Å². The number of hydrogen-bond acceptors (Lipinski definition) is 2. The van der Waals surface area contributed by atoms with Crippen LogP contribution in [0.5, 0.6) is 0 Å². The molecule has 3 nitrogen and oxygen atoms in total. The molecule has 2 rings (SSSR count). The summed E-state index contributed by atoms with van der Waals surface area (Å²) in [5, 5.41) is 9.15. The van der Waals surface area contributed by atoms with Gasteiger partial charge in [0.25, 0.3) is 0 Å². The third-order valence-electron chi connectivity index (χ3n) is 3.54. The van der Waals surface area contributed by atoms with Crippen LogP contribution in [0, 0.1) is 5.92 Å². The minimum absolute atomic E-state index is 0.117. The number of piperidine rings is 1. The number of aliphatic hydroxyl groups is 1. The monoisotopic (exact) mass is 267 g/mol. The van der Waals surface area contributed by atoms with Gasteiger partial charge in [0, 0.05) is 13.1 Å². The van der Waals surface area contributed by atoms with Gasteiger partial charge in [0.05, 0.1) is 6.10 Å². The number of hydrogen-bond donors (Lipinski definition) is 1. The lowest BCUT2D eigenvalue weighted by Crippen LogP contribution is -2.46. The van der Waals surface area contributed by atoms with Gasteiger partial charge in [0.2, 0.25) is 5.91 Å². The number of rotatable bonds is 2. The van der Waals surface area contributed by atoms with E-state index in [-0.39, 0.29) is 11.8 Å². The summed E-state index contributed by atoms with van der Waals surface area (Å²) in [7, 11) is 0. The van der Waals surface area contributed by atoms with Crippen molar-refractivity contribution in [2.24, 2.45) is 5.92 Å². The molecule has 0 aromatic heterocycles. The molecule has 0 bridgehead atoms. The summed E-state index contributed by atoms with van der Waals surface area (Å²) in [5.74, 6) is 0.133. The number of likely N-dealkylation sites (tertiary alicyclic amines) is 1. The lowest BCUT2D eigenvalue weighted by Gasteiger charge is -2.35. The van der Waals surface area contributed by atoms with Crippen molar-refractivity contribution in [3.05, 3.63) is 35.9 Å². The van der Waals surface area contributed by atoms with Crippen LogP contribution in [-0.4, -0.2) is 35.1 Å². The lowest BCUT2D eigenvalue weighted by molar-refractivity contribution is -0.135. The second kappa shape index (κ2) is 5.72. The first-order valence-corrected chi connectivity index (χ1v) is 6.69. The molecule has 0 aliphatic carbocycles. The Bertz CT molecular complexity index is 410. The van der Waals surface area contributed by atoms with Gasteiger partial charge in [-0.05, 0) is 17.9 Å². The molecule has 1 aromatic rings. The predicted octanol–water partition coefficient (Wildman–Crippen LogP) is 2.20. The van der Waals surface area contributed by atoms with Crippen molar-refractivity contribution in [1.29, 1.82) is 0 Å². The molecule has 1 aliphatic rings.